The minimum absolute atomic E-state index is 0.0129. The molecule has 0 spiro atoms. The number of alkyl halides is 3. The van der Waals surface area contributed by atoms with E-state index in [9.17, 15) is 22.8 Å². The van der Waals surface area contributed by atoms with Gasteiger partial charge >= 0.3 is 6.18 Å². The largest absolute Gasteiger partial charge is 0.481 e. The van der Waals surface area contributed by atoms with Gasteiger partial charge < -0.3 is 31.3 Å². The number of rotatable bonds is 13. The highest BCUT2D eigenvalue weighted by atomic mass is 35.5. The van der Waals surface area contributed by atoms with Crippen molar-refractivity contribution in [2.75, 3.05) is 25.5 Å². The summed E-state index contributed by atoms with van der Waals surface area (Å²) in [6.07, 6.45) is 0.441. The molecule has 51 heavy (non-hydrogen) atoms. The third-order valence-corrected chi connectivity index (χ3v) is 9.50. The van der Waals surface area contributed by atoms with E-state index in [4.69, 9.17) is 27.9 Å². The molecular weight excluding hydrogens is 708 g/mol. The minimum Gasteiger partial charge on any atom is -0.481 e. The number of hydrogen-bond donors (Lipinski definition) is 5. The lowest BCUT2D eigenvalue weighted by Gasteiger charge is -2.20. The third kappa shape index (κ3) is 8.52. The van der Waals surface area contributed by atoms with Crippen LogP contribution >= 0.6 is 23.2 Å². The highest BCUT2D eigenvalue weighted by Gasteiger charge is 2.37. The highest BCUT2D eigenvalue weighted by Crippen LogP contribution is 2.42. The first-order valence-corrected chi connectivity index (χ1v) is 17.1. The lowest BCUT2D eigenvalue weighted by Crippen LogP contribution is -2.35. The Morgan fingerprint density at radius 1 is 0.843 bits per heavy atom. The van der Waals surface area contributed by atoms with E-state index in [1.807, 2.05) is 6.07 Å². The van der Waals surface area contributed by atoms with Gasteiger partial charge in [0.25, 0.3) is 0 Å². The van der Waals surface area contributed by atoms with Crippen molar-refractivity contribution in [1.29, 1.82) is 0 Å². The van der Waals surface area contributed by atoms with Crippen molar-refractivity contribution in [3.63, 3.8) is 0 Å². The summed E-state index contributed by atoms with van der Waals surface area (Å²) in [6.45, 7) is 1.33. The Morgan fingerprint density at radius 2 is 1.51 bits per heavy atom. The van der Waals surface area contributed by atoms with Gasteiger partial charge in [0.15, 0.2) is 0 Å². The Hall–Kier alpha value is -4.50. The van der Waals surface area contributed by atoms with Crippen LogP contribution in [0, 0.1) is 0 Å². The predicted molar refractivity (Wildman–Crippen MR) is 188 cm³/mol. The first kappa shape index (κ1) is 36.3. The quantitative estimate of drug-likeness (QED) is 0.111. The average Bonchev–Trinajstić information content (AvgIpc) is 3.72. The van der Waals surface area contributed by atoms with Gasteiger partial charge in [-0.2, -0.15) is 13.2 Å². The number of halogens is 5. The van der Waals surface area contributed by atoms with E-state index in [2.05, 4.69) is 41.5 Å². The Labute approximate surface area is 302 Å². The zero-order valence-electron chi connectivity index (χ0n) is 27.5. The molecule has 268 valence electrons. The monoisotopic (exact) mass is 742 g/mol. The lowest BCUT2D eigenvalue weighted by atomic mass is 10.0. The first-order valence-electron chi connectivity index (χ1n) is 16.3. The summed E-state index contributed by atoms with van der Waals surface area (Å²) in [5.41, 5.74) is 1.77. The van der Waals surface area contributed by atoms with E-state index < -0.39 is 17.6 Å². The van der Waals surface area contributed by atoms with E-state index in [1.54, 1.807) is 36.5 Å². The molecule has 2 aliphatic heterocycles. The maximum absolute atomic E-state index is 14.5. The number of anilines is 2. The molecule has 11 nitrogen and oxygen atoms in total. The van der Waals surface area contributed by atoms with Gasteiger partial charge in [-0.3, -0.25) is 14.6 Å². The molecule has 5 heterocycles. The fraction of sp³-hybridized carbons (Fsp3) is 0.343. The van der Waals surface area contributed by atoms with Crippen LogP contribution in [-0.2, 0) is 28.9 Å². The third-order valence-electron chi connectivity index (χ3n) is 8.71. The van der Waals surface area contributed by atoms with Gasteiger partial charge in [0.1, 0.15) is 11.4 Å². The number of amides is 2. The number of nitrogens with one attached hydrogen (secondary N) is 5. The first-order chi connectivity index (χ1) is 24.5. The standard InChI is InChI=1S/C35H35Cl2F3N8O3/c1-51-34-20(16-42-18-22-7-10-28(50)46-22)5-8-25(48-34)23-12-14-43-32(31(23)37)24-3-2-4-26(30(24)36)47-33-29(35(38,39)40)19(11-13-44-33)15-41-17-21-6-9-27(49)45-21/h2-5,8,11-14,21-22,41-42H,6-7,9-10,15-18H2,1H3,(H,44,47)(H,45,49)(H,46,50)/t21-,22+/m1/s1. The minimum atomic E-state index is -4.73. The van der Waals surface area contributed by atoms with Gasteiger partial charge in [0.2, 0.25) is 17.7 Å². The van der Waals surface area contributed by atoms with Gasteiger partial charge in [-0.1, -0.05) is 41.4 Å². The van der Waals surface area contributed by atoms with Crippen LogP contribution in [0.25, 0.3) is 22.5 Å². The Kier molecular flexibility index (Phi) is 11.2. The summed E-state index contributed by atoms with van der Waals surface area (Å²) in [6, 6.07) is 11.5. The number of aromatic nitrogens is 3. The smallest absolute Gasteiger partial charge is 0.420 e. The summed E-state index contributed by atoms with van der Waals surface area (Å²) in [7, 11) is 1.52. The second-order valence-corrected chi connectivity index (χ2v) is 13.0. The van der Waals surface area contributed by atoms with Gasteiger partial charge in [0.05, 0.1) is 34.2 Å². The predicted octanol–water partition coefficient (Wildman–Crippen LogP) is 6.02. The molecule has 2 aliphatic rings. The normalized spacial score (nSPS) is 17.4. The van der Waals surface area contributed by atoms with Crippen LogP contribution in [-0.4, -0.2) is 59.0 Å². The molecule has 6 rings (SSSR count). The van der Waals surface area contributed by atoms with Gasteiger partial charge in [0, 0.05) is 80.2 Å². The molecule has 2 saturated heterocycles. The molecule has 0 saturated carbocycles. The van der Waals surface area contributed by atoms with Crippen LogP contribution in [0.15, 0.2) is 54.9 Å². The number of nitrogens with zero attached hydrogens (tertiary/aromatic N) is 3. The van der Waals surface area contributed by atoms with E-state index in [0.29, 0.717) is 67.3 Å². The van der Waals surface area contributed by atoms with Crippen LogP contribution < -0.4 is 31.3 Å². The van der Waals surface area contributed by atoms with Crippen LogP contribution in [0.4, 0.5) is 24.7 Å². The number of carbonyl (C=O) groups is 2. The summed E-state index contributed by atoms with van der Waals surface area (Å²) in [4.78, 5) is 36.1. The molecular formula is C35H35Cl2F3N8O3. The zero-order chi connectivity index (χ0) is 36.1. The number of benzene rings is 1. The molecule has 0 bridgehead atoms. The molecule has 2 atom stereocenters. The topological polar surface area (TPSA) is 142 Å². The molecule has 0 unspecified atom stereocenters. The fourth-order valence-electron chi connectivity index (χ4n) is 6.18. The molecule has 0 radical (unpaired) electrons. The Morgan fingerprint density at radius 3 is 2.14 bits per heavy atom. The second kappa shape index (κ2) is 15.8. The van der Waals surface area contributed by atoms with Crippen molar-refractivity contribution in [1.82, 2.24) is 36.2 Å². The van der Waals surface area contributed by atoms with Gasteiger partial charge in [-0.25, -0.2) is 9.97 Å². The number of methoxy groups -OCH3 is 1. The maximum atomic E-state index is 14.5. The molecule has 5 N–H and O–H groups in total. The molecule has 1 aromatic carbocycles. The summed E-state index contributed by atoms with van der Waals surface area (Å²) in [5.74, 6) is -0.0377. The Balaban J connectivity index is 1.22. The number of hydrogen-bond acceptors (Lipinski definition) is 9. The summed E-state index contributed by atoms with van der Waals surface area (Å²) in [5, 5.41) is 15.2. The molecule has 3 aromatic heterocycles. The Bertz CT molecular complexity index is 1930. The lowest BCUT2D eigenvalue weighted by molar-refractivity contribution is -0.137. The summed E-state index contributed by atoms with van der Waals surface area (Å²) < 4.78 is 48.9. The van der Waals surface area contributed by atoms with Crippen LogP contribution in [0.5, 0.6) is 5.88 Å². The average molecular weight is 744 g/mol. The maximum Gasteiger partial charge on any atom is 0.420 e. The van der Waals surface area contributed by atoms with Crippen LogP contribution in [0.2, 0.25) is 10.0 Å². The van der Waals surface area contributed by atoms with Crippen molar-refractivity contribution in [3.8, 4) is 28.4 Å². The van der Waals surface area contributed by atoms with E-state index in [0.717, 1.165) is 12.0 Å². The van der Waals surface area contributed by atoms with E-state index in [-0.39, 0.29) is 51.7 Å². The molecule has 4 aromatic rings. The fourth-order valence-corrected chi connectivity index (χ4v) is 6.76. The molecule has 16 heteroatoms. The van der Waals surface area contributed by atoms with Gasteiger partial charge in [-0.05, 0) is 42.7 Å². The van der Waals surface area contributed by atoms with Crippen molar-refractivity contribution in [2.45, 2.75) is 57.0 Å². The van der Waals surface area contributed by atoms with E-state index >= 15 is 0 Å². The zero-order valence-corrected chi connectivity index (χ0v) is 29.0. The van der Waals surface area contributed by atoms with Crippen molar-refractivity contribution < 1.29 is 27.5 Å². The SMILES string of the molecule is COc1nc(-c2ccnc(-c3cccc(Nc4nccc(CNC[C@H]5CCC(=O)N5)c4C(F)(F)F)c3Cl)c2Cl)ccc1CNC[C@@H]1CCC(=O)N1. The van der Waals surface area contributed by atoms with Crippen LogP contribution in [0.3, 0.4) is 0 Å². The molecule has 2 fully saturated rings. The van der Waals surface area contributed by atoms with E-state index in [1.165, 1.54) is 19.4 Å². The van der Waals surface area contributed by atoms with Crippen LogP contribution in [0.1, 0.15) is 42.4 Å². The van der Waals surface area contributed by atoms with Crippen molar-refractivity contribution in [3.05, 3.63) is 81.6 Å². The highest BCUT2D eigenvalue weighted by molar-refractivity contribution is 6.39. The summed E-state index contributed by atoms with van der Waals surface area (Å²) >= 11 is 13.7. The number of pyridine rings is 3. The molecule has 2 amide bonds. The number of ether oxygens (including phenoxy) is 1. The molecule has 0 aliphatic carbocycles. The second-order valence-electron chi connectivity index (χ2n) is 12.2. The number of carbonyl (C=O) groups excluding carboxylic acids is 2. The van der Waals surface area contributed by atoms with Crippen molar-refractivity contribution >= 4 is 46.5 Å². The van der Waals surface area contributed by atoms with Crippen molar-refractivity contribution in [2.24, 2.45) is 0 Å². The van der Waals surface area contributed by atoms with Gasteiger partial charge in [-0.15, -0.1) is 0 Å².